The minimum atomic E-state index is -0.0705. The first-order valence-electron chi connectivity index (χ1n) is 8.24. The first-order chi connectivity index (χ1) is 13.1. The summed E-state index contributed by atoms with van der Waals surface area (Å²) in [6, 6.07) is 14.8. The summed E-state index contributed by atoms with van der Waals surface area (Å²) >= 11 is 7.29. The summed E-state index contributed by atoms with van der Waals surface area (Å²) in [5.41, 5.74) is 1.81. The number of hydrogen-bond donors (Lipinski definition) is 0. The number of ether oxygens (including phenoxy) is 1. The van der Waals surface area contributed by atoms with Gasteiger partial charge in [-0.25, -0.2) is 0 Å². The highest BCUT2D eigenvalue weighted by Gasteiger charge is 2.20. The van der Waals surface area contributed by atoms with E-state index in [1.165, 1.54) is 11.3 Å². The Morgan fingerprint density at radius 1 is 1.19 bits per heavy atom. The number of rotatable bonds is 7. The molecule has 0 spiro atoms. The molecule has 0 atom stereocenters. The minimum absolute atomic E-state index is 0.0705. The minimum Gasteiger partial charge on any atom is -0.497 e. The summed E-state index contributed by atoms with van der Waals surface area (Å²) in [6.07, 6.45) is 1.93. The van der Waals surface area contributed by atoms with Gasteiger partial charge < -0.3 is 4.74 Å². The molecule has 0 saturated carbocycles. The molecule has 0 N–H and O–H groups in total. The molecule has 138 valence electrons. The molecule has 3 aromatic rings. The average molecular weight is 400 g/mol. The maximum atomic E-state index is 12.8. The van der Waals surface area contributed by atoms with E-state index in [0.717, 1.165) is 21.9 Å². The maximum Gasteiger partial charge on any atom is 0.233 e. The summed E-state index contributed by atoms with van der Waals surface area (Å²) in [4.78, 5) is 14.4. The number of methoxy groups -OCH3 is 1. The molecule has 7 heteroatoms. The fourth-order valence-corrected chi connectivity index (χ4v) is 3.47. The van der Waals surface area contributed by atoms with Crippen LogP contribution in [0, 0.1) is 0 Å². The summed E-state index contributed by atoms with van der Waals surface area (Å²) in [7, 11) is 1.61. The van der Waals surface area contributed by atoms with E-state index in [2.05, 4.69) is 16.8 Å². The smallest absolute Gasteiger partial charge is 0.233 e. The molecule has 5 nitrogen and oxygen atoms in total. The predicted molar refractivity (Wildman–Crippen MR) is 110 cm³/mol. The number of carbonyl (C=O) groups excluding carboxylic acids is 1. The Bertz CT molecular complexity index is 923. The summed E-state index contributed by atoms with van der Waals surface area (Å²) in [6.45, 7) is 4.11. The van der Waals surface area contributed by atoms with E-state index >= 15 is 0 Å². The quantitative estimate of drug-likeness (QED) is 0.543. The molecule has 1 amide bonds. The molecule has 0 aliphatic heterocycles. The molecule has 0 fully saturated rings. The second-order valence-electron chi connectivity index (χ2n) is 5.71. The second-order valence-corrected chi connectivity index (χ2v) is 7.11. The van der Waals surface area contributed by atoms with Gasteiger partial charge in [0.25, 0.3) is 0 Å². The lowest BCUT2D eigenvalue weighted by Gasteiger charge is -2.17. The zero-order valence-corrected chi connectivity index (χ0v) is 16.3. The van der Waals surface area contributed by atoms with Gasteiger partial charge in [0.05, 0.1) is 13.5 Å². The van der Waals surface area contributed by atoms with E-state index in [0.29, 0.717) is 16.7 Å². The zero-order chi connectivity index (χ0) is 19.2. The van der Waals surface area contributed by atoms with Crippen LogP contribution in [0.25, 0.3) is 10.6 Å². The Labute approximate surface area is 166 Å². The third-order valence-electron chi connectivity index (χ3n) is 3.86. The summed E-state index contributed by atoms with van der Waals surface area (Å²) in [5, 5.41) is 10.3. The van der Waals surface area contributed by atoms with Gasteiger partial charge in [-0.2, -0.15) is 0 Å². The second kappa shape index (κ2) is 8.79. The van der Waals surface area contributed by atoms with Crippen molar-refractivity contribution in [2.75, 3.05) is 18.6 Å². The number of benzene rings is 2. The van der Waals surface area contributed by atoms with E-state index < -0.39 is 0 Å². The van der Waals surface area contributed by atoms with Crippen molar-refractivity contribution in [2.45, 2.75) is 6.42 Å². The van der Waals surface area contributed by atoms with Gasteiger partial charge in [-0.1, -0.05) is 53.3 Å². The Hall–Kier alpha value is -2.70. The SMILES string of the molecule is C=CCN(C(=O)Cc1ccc(OC)cc1)c1nnc(-c2ccc(Cl)cc2)s1. The molecule has 0 unspecified atom stereocenters. The zero-order valence-electron chi connectivity index (χ0n) is 14.8. The summed E-state index contributed by atoms with van der Waals surface area (Å²) < 4.78 is 5.15. The standard InChI is InChI=1S/C20H18ClN3O2S/c1-3-12-24(18(25)13-14-4-10-17(26-2)11-5-14)20-23-22-19(27-20)15-6-8-16(21)9-7-15/h3-11H,1,12-13H2,2H3. The predicted octanol–water partition coefficient (Wildman–Crippen LogP) is 4.63. The molecule has 0 aliphatic rings. The van der Waals surface area contributed by atoms with Crippen LogP contribution in [0.5, 0.6) is 5.75 Å². The van der Waals surface area contributed by atoms with Crippen molar-refractivity contribution in [1.29, 1.82) is 0 Å². The van der Waals surface area contributed by atoms with Crippen molar-refractivity contribution in [3.8, 4) is 16.3 Å². The van der Waals surface area contributed by atoms with Gasteiger partial charge in [0.1, 0.15) is 10.8 Å². The Kier molecular flexibility index (Phi) is 6.21. The highest BCUT2D eigenvalue weighted by molar-refractivity contribution is 7.18. The lowest BCUT2D eigenvalue weighted by atomic mass is 10.1. The highest BCUT2D eigenvalue weighted by atomic mass is 35.5. The van der Waals surface area contributed by atoms with E-state index in [9.17, 15) is 4.79 Å². The number of aromatic nitrogens is 2. The Balaban J connectivity index is 1.79. The van der Waals surface area contributed by atoms with Crippen LogP contribution in [0.1, 0.15) is 5.56 Å². The van der Waals surface area contributed by atoms with Crippen LogP contribution in [-0.2, 0) is 11.2 Å². The van der Waals surface area contributed by atoms with Crippen molar-refractivity contribution in [2.24, 2.45) is 0 Å². The van der Waals surface area contributed by atoms with Crippen molar-refractivity contribution in [3.05, 3.63) is 71.8 Å². The molecule has 1 aromatic heterocycles. The summed E-state index contributed by atoms with van der Waals surface area (Å²) in [5.74, 6) is 0.685. The van der Waals surface area contributed by atoms with E-state index in [1.807, 2.05) is 36.4 Å². The molecule has 1 heterocycles. The molecule has 0 bridgehead atoms. The molecular weight excluding hydrogens is 382 g/mol. The normalized spacial score (nSPS) is 10.4. The van der Waals surface area contributed by atoms with Crippen LogP contribution < -0.4 is 9.64 Å². The molecular formula is C20H18ClN3O2S. The Morgan fingerprint density at radius 3 is 2.52 bits per heavy atom. The van der Waals surface area contributed by atoms with Crippen LogP contribution in [-0.4, -0.2) is 29.8 Å². The average Bonchev–Trinajstić information content (AvgIpc) is 3.17. The van der Waals surface area contributed by atoms with Crippen molar-refractivity contribution in [1.82, 2.24) is 10.2 Å². The van der Waals surface area contributed by atoms with Crippen LogP contribution >= 0.6 is 22.9 Å². The van der Waals surface area contributed by atoms with Crippen molar-refractivity contribution >= 4 is 34.0 Å². The molecule has 2 aromatic carbocycles. The maximum absolute atomic E-state index is 12.8. The van der Waals surface area contributed by atoms with Crippen LogP contribution in [0.3, 0.4) is 0 Å². The van der Waals surface area contributed by atoms with Gasteiger partial charge in [0.2, 0.25) is 11.0 Å². The third-order valence-corrected chi connectivity index (χ3v) is 5.11. The lowest BCUT2D eigenvalue weighted by molar-refractivity contribution is -0.117. The van der Waals surface area contributed by atoms with Crippen molar-refractivity contribution < 1.29 is 9.53 Å². The first kappa shape index (κ1) is 19.1. The van der Waals surface area contributed by atoms with Crippen LogP contribution in [0.4, 0.5) is 5.13 Å². The molecule has 27 heavy (non-hydrogen) atoms. The first-order valence-corrected chi connectivity index (χ1v) is 9.44. The van der Waals surface area contributed by atoms with Gasteiger partial charge >= 0.3 is 0 Å². The van der Waals surface area contributed by atoms with Crippen LogP contribution in [0.2, 0.25) is 5.02 Å². The molecule has 0 aliphatic carbocycles. The van der Waals surface area contributed by atoms with Crippen molar-refractivity contribution in [3.63, 3.8) is 0 Å². The fraction of sp³-hybridized carbons (Fsp3) is 0.150. The number of carbonyl (C=O) groups is 1. The van der Waals surface area contributed by atoms with E-state index in [1.54, 1.807) is 30.2 Å². The van der Waals surface area contributed by atoms with E-state index in [4.69, 9.17) is 16.3 Å². The van der Waals surface area contributed by atoms with Gasteiger partial charge in [0.15, 0.2) is 0 Å². The largest absolute Gasteiger partial charge is 0.497 e. The molecule has 0 saturated heterocycles. The lowest BCUT2D eigenvalue weighted by Crippen LogP contribution is -2.32. The van der Waals surface area contributed by atoms with E-state index in [-0.39, 0.29) is 12.3 Å². The number of nitrogens with zero attached hydrogens (tertiary/aromatic N) is 3. The monoisotopic (exact) mass is 399 g/mol. The number of anilines is 1. The fourth-order valence-electron chi connectivity index (χ4n) is 2.46. The number of halogens is 1. The van der Waals surface area contributed by atoms with Crippen LogP contribution in [0.15, 0.2) is 61.2 Å². The van der Waals surface area contributed by atoms with Gasteiger partial charge in [-0.05, 0) is 29.8 Å². The van der Waals surface area contributed by atoms with Gasteiger partial charge in [-0.15, -0.1) is 16.8 Å². The topological polar surface area (TPSA) is 55.3 Å². The molecule has 0 radical (unpaired) electrons. The number of amides is 1. The van der Waals surface area contributed by atoms with Gasteiger partial charge in [-0.3, -0.25) is 9.69 Å². The van der Waals surface area contributed by atoms with Gasteiger partial charge in [0, 0.05) is 17.1 Å². The highest BCUT2D eigenvalue weighted by Crippen LogP contribution is 2.30. The molecule has 3 rings (SSSR count). The number of hydrogen-bond acceptors (Lipinski definition) is 5. The Morgan fingerprint density at radius 2 is 1.89 bits per heavy atom. The third kappa shape index (κ3) is 4.72.